The number of hydrogen-bond donors (Lipinski definition) is 1. The number of benzene rings is 1. The Morgan fingerprint density at radius 3 is 2.31 bits per heavy atom. The first-order valence-corrected chi connectivity index (χ1v) is 6.04. The summed E-state index contributed by atoms with van der Waals surface area (Å²) in [7, 11) is 0. The van der Waals surface area contributed by atoms with Crippen LogP contribution in [0.2, 0.25) is 0 Å². The van der Waals surface area contributed by atoms with Crippen LogP contribution in [0.3, 0.4) is 0 Å². The number of anilines is 1. The van der Waals surface area contributed by atoms with Crippen LogP contribution in [0.25, 0.3) is 0 Å². The van der Waals surface area contributed by atoms with Crippen molar-refractivity contribution in [1.29, 1.82) is 0 Å². The Bertz CT molecular complexity index is 321. The smallest absolute Gasteiger partial charge is 0.0342 e. The summed E-state index contributed by atoms with van der Waals surface area (Å²) in [5.41, 5.74) is 2.60. The zero-order valence-corrected chi connectivity index (χ0v) is 10.8. The fourth-order valence-corrected chi connectivity index (χ4v) is 1.61. The standard InChI is InChI=1S/C15H23N/c1-12(2)10-11-15(13(3)4)16-14-8-6-5-7-9-14/h5-10,13,15-16H,11H2,1-4H3. The molecule has 0 aliphatic carbocycles. The van der Waals surface area contributed by atoms with Gasteiger partial charge in [0.1, 0.15) is 0 Å². The van der Waals surface area contributed by atoms with E-state index >= 15 is 0 Å². The lowest BCUT2D eigenvalue weighted by molar-refractivity contribution is 0.527. The maximum atomic E-state index is 3.59. The Labute approximate surface area is 99.6 Å². The molecule has 16 heavy (non-hydrogen) atoms. The minimum atomic E-state index is 0.511. The summed E-state index contributed by atoms with van der Waals surface area (Å²) in [5.74, 6) is 0.635. The third-order valence-electron chi connectivity index (χ3n) is 2.71. The first-order chi connectivity index (χ1) is 7.59. The van der Waals surface area contributed by atoms with Crippen LogP contribution in [0.5, 0.6) is 0 Å². The molecule has 1 unspecified atom stereocenters. The lowest BCUT2D eigenvalue weighted by Gasteiger charge is -2.22. The topological polar surface area (TPSA) is 12.0 Å². The van der Waals surface area contributed by atoms with Gasteiger partial charge in [-0.15, -0.1) is 0 Å². The van der Waals surface area contributed by atoms with Crippen LogP contribution in [-0.4, -0.2) is 6.04 Å². The van der Waals surface area contributed by atoms with Crippen LogP contribution < -0.4 is 5.32 Å². The van der Waals surface area contributed by atoms with Gasteiger partial charge < -0.3 is 5.32 Å². The summed E-state index contributed by atoms with van der Waals surface area (Å²) in [5, 5.41) is 3.59. The van der Waals surface area contributed by atoms with Crippen molar-refractivity contribution in [2.45, 2.75) is 40.2 Å². The molecule has 0 radical (unpaired) electrons. The number of nitrogens with one attached hydrogen (secondary N) is 1. The summed E-state index contributed by atoms with van der Waals surface area (Å²) < 4.78 is 0. The van der Waals surface area contributed by atoms with Crippen molar-refractivity contribution in [2.24, 2.45) is 5.92 Å². The molecule has 1 aromatic rings. The van der Waals surface area contributed by atoms with Gasteiger partial charge in [0.05, 0.1) is 0 Å². The lowest BCUT2D eigenvalue weighted by atomic mass is 9.99. The molecule has 0 heterocycles. The first-order valence-electron chi connectivity index (χ1n) is 6.04. The minimum absolute atomic E-state index is 0.511. The second kappa shape index (κ2) is 6.37. The van der Waals surface area contributed by atoms with Gasteiger partial charge in [0.15, 0.2) is 0 Å². The zero-order chi connectivity index (χ0) is 12.0. The average Bonchev–Trinajstić information content (AvgIpc) is 2.25. The Balaban J connectivity index is 2.62. The summed E-state index contributed by atoms with van der Waals surface area (Å²) in [4.78, 5) is 0. The molecule has 0 aliphatic rings. The van der Waals surface area contributed by atoms with E-state index in [4.69, 9.17) is 0 Å². The van der Waals surface area contributed by atoms with Gasteiger partial charge in [-0.2, -0.15) is 0 Å². The van der Waals surface area contributed by atoms with Gasteiger partial charge in [-0.1, -0.05) is 43.7 Å². The molecule has 0 amide bonds. The molecule has 0 saturated carbocycles. The number of para-hydroxylation sites is 1. The minimum Gasteiger partial charge on any atom is -0.382 e. The van der Waals surface area contributed by atoms with Crippen molar-refractivity contribution in [2.75, 3.05) is 5.32 Å². The summed E-state index contributed by atoms with van der Waals surface area (Å²) >= 11 is 0. The van der Waals surface area contributed by atoms with Gasteiger partial charge in [0.2, 0.25) is 0 Å². The third kappa shape index (κ3) is 4.52. The molecule has 1 rings (SSSR count). The molecule has 1 heteroatoms. The highest BCUT2D eigenvalue weighted by Crippen LogP contribution is 2.15. The van der Waals surface area contributed by atoms with Crippen LogP contribution in [0.1, 0.15) is 34.1 Å². The van der Waals surface area contributed by atoms with E-state index in [1.165, 1.54) is 11.3 Å². The molecule has 1 aromatic carbocycles. The predicted octanol–water partition coefficient (Wildman–Crippen LogP) is 4.48. The SMILES string of the molecule is CC(C)=CCC(Nc1ccccc1)C(C)C. The highest BCUT2D eigenvalue weighted by atomic mass is 14.9. The van der Waals surface area contributed by atoms with Crippen molar-refractivity contribution < 1.29 is 0 Å². The van der Waals surface area contributed by atoms with E-state index in [0.717, 1.165) is 6.42 Å². The van der Waals surface area contributed by atoms with E-state index in [1.807, 2.05) is 6.07 Å². The molecular formula is C15H23N. The van der Waals surface area contributed by atoms with Gasteiger partial charge in [0.25, 0.3) is 0 Å². The molecule has 0 fully saturated rings. The molecule has 0 aromatic heterocycles. The number of rotatable bonds is 5. The van der Waals surface area contributed by atoms with Crippen LogP contribution in [0.4, 0.5) is 5.69 Å². The van der Waals surface area contributed by atoms with Gasteiger partial charge in [0, 0.05) is 11.7 Å². The van der Waals surface area contributed by atoms with E-state index in [1.54, 1.807) is 0 Å². The molecule has 0 bridgehead atoms. The van der Waals surface area contributed by atoms with Crippen LogP contribution in [-0.2, 0) is 0 Å². The number of hydrogen-bond acceptors (Lipinski definition) is 1. The zero-order valence-electron chi connectivity index (χ0n) is 10.8. The van der Waals surface area contributed by atoms with E-state index in [9.17, 15) is 0 Å². The highest BCUT2D eigenvalue weighted by molar-refractivity contribution is 5.43. The highest BCUT2D eigenvalue weighted by Gasteiger charge is 2.11. The molecule has 1 N–H and O–H groups in total. The van der Waals surface area contributed by atoms with Crippen molar-refractivity contribution >= 4 is 5.69 Å². The quantitative estimate of drug-likeness (QED) is 0.717. The predicted molar refractivity (Wildman–Crippen MR) is 72.7 cm³/mol. The molecule has 1 atom stereocenters. The van der Waals surface area contributed by atoms with Gasteiger partial charge >= 0.3 is 0 Å². The summed E-state index contributed by atoms with van der Waals surface area (Å²) in [6.07, 6.45) is 3.40. The second-order valence-electron chi connectivity index (χ2n) is 4.88. The Hall–Kier alpha value is -1.24. The normalized spacial score (nSPS) is 12.3. The van der Waals surface area contributed by atoms with E-state index in [0.29, 0.717) is 12.0 Å². The fourth-order valence-electron chi connectivity index (χ4n) is 1.61. The van der Waals surface area contributed by atoms with Gasteiger partial charge in [-0.3, -0.25) is 0 Å². The molecule has 0 saturated heterocycles. The Morgan fingerprint density at radius 2 is 1.81 bits per heavy atom. The van der Waals surface area contributed by atoms with Crippen molar-refractivity contribution in [1.82, 2.24) is 0 Å². The van der Waals surface area contributed by atoms with E-state index < -0.39 is 0 Å². The van der Waals surface area contributed by atoms with Crippen LogP contribution in [0, 0.1) is 5.92 Å². The molecule has 88 valence electrons. The lowest BCUT2D eigenvalue weighted by Crippen LogP contribution is -2.24. The maximum Gasteiger partial charge on any atom is 0.0342 e. The fraction of sp³-hybridized carbons (Fsp3) is 0.467. The van der Waals surface area contributed by atoms with E-state index in [-0.39, 0.29) is 0 Å². The van der Waals surface area contributed by atoms with Gasteiger partial charge in [-0.05, 0) is 38.3 Å². The molecule has 0 aliphatic heterocycles. The van der Waals surface area contributed by atoms with Crippen LogP contribution in [0.15, 0.2) is 42.0 Å². The largest absolute Gasteiger partial charge is 0.382 e. The van der Waals surface area contributed by atoms with Crippen molar-refractivity contribution in [3.63, 3.8) is 0 Å². The average molecular weight is 217 g/mol. The van der Waals surface area contributed by atoms with Crippen molar-refractivity contribution in [3.05, 3.63) is 42.0 Å². The summed E-state index contributed by atoms with van der Waals surface area (Å²) in [6.45, 7) is 8.83. The molecule has 0 spiro atoms. The second-order valence-corrected chi connectivity index (χ2v) is 4.88. The van der Waals surface area contributed by atoms with Crippen LogP contribution >= 0.6 is 0 Å². The first kappa shape index (κ1) is 12.8. The third-order valence-corrected chi connectivity index (χ3v) is 2.71. The molecule has 1 nitrogen and oxygen atoms in total. The monoisotopic (exact) mass is 217 g/mol. The van der Waals surface area contributed by atoms with E-state index in [2.05, 4.69) is 63.4 Å². The van der Waals surface area contributed by atoms with Crippen molar-refractivity contribution in [3.8, 4) is 0 Å². The van der Waals surface area contributed by atoms with Gasteiger partial charge in [-0.25, -0.2) is 0 Å². The Morgan fingerprint density at radius 1 is 1.19 bits per heavy atom. The Kier molecular flexibility index (Phi) is 5.10. The molecular weight excluding hydrogens is 194 g/mol. The summed E-state index contributed by atoms with van der Waals surface area (Å²) in [6, 6.07) is 10.9. The maximum absolute atomic E-state index is 3.59. The number of allylic oxidation sites excluding steroid dienone is 1.